The maximum Gasteiger partial charge on any atom is 0.433 e. The lowest BCUT2D eigenvalue weighted by molar-refractivity contribution is -0.0578. The number of rotatable bonds is 4. The Bertz CT molecular complexity index is 960. The second kappa shape index (κ2) is 7.02. The zero-order valence-corrected chi connectivity index (χ0v) is 14.8. The molecule has 0 saturated heterocycles. The van der Waals surface area contributed by atoms with Gasteiger partial charge in [0.05, 0.1) is 11.2 Å². The van der Waals surface area contributed by atoms with Gasteiger partial charge in [-0.05, 0) is 48.9 Å². The third-order valence-electron chi connectivity index (χ3n) is 4.79. The van der Waals surface area contributed by atoms with Crippen molar-refractivity contribution < 1.29 is 13.2 Å². The fourth-order valence-corrected chi connectivity index (χ4v) is 3.60. The lowest BCUT2D eigenvalue weighted by Crippen LogP contribution is -2.26. The molecule has 0 amide bonds. The molecule has 1 heterocycles. The third-order valence-corrected chi connectivity index (χ3v) is 4.79. The molecule has 0 radical (unpaired) electrons. The van der Waals surface area contributed by atoms with Gasteiger partial charge in [-0.3, -0.25) is 5.41 Å². The maximum absolute atomic E-state index is 13.3. The van der Waals surface area contributed by atoms with Gasteiger partial charge in [-0.15, -0.1) is 0 Å². The number of nitrogens with two attached hydrogens (primary N) is 1. The Balaban J connectivity index is 2.37. The summed E-state index contributed by atoms with van der Waals surface area (Å²) in [5, 5.41) is 18.7. The first-order chi connectivity index (χ1) is 12.8. The normalized spacial score (nSPS) is 14.7. The molecular weight excluding hydrogens is 355 g/mol. The van der Waals surface area contributed by atoms with Crippen LogP contribution < -0.4 is 11.1 Å². The molecule has 0 spiro atoms. The highest BCUT2D eigenvalue weighted by molar-refractivity contribution is 6.25. The first kappa shape index (κ1) is 18.9. The van der Waals surface area contributed by atoms with E-state index in [-0.39, 0.29) is 11.3 Å². The van der Waals surface area contributed by atoms with Crippen LogP contribution in [-0.2, 0) is 12.8 Å². The summed E-state index contributed by atoms with van der Waals surface area (Å²) in [4.78, 5) is 4.48. The summed E-state index contributed by atoms with van der Waals surface area (Å²) in [5.74, 6) is 0. The van der Waals surface area contributed by atoms with Gasteiger partial charge in [0.2, 0.25) is 0 Å². The van der Waals surface area contributed by atoms with Crippen molar-refractivity contribution in [1.82, 2.24) is 10.3 Å². The zero-order valence-electron chi connectivity index (χ0n) is 14.8. The summed E-state index contributed by atoms with van der Waals surface area (Å²) in [6, 6.07) is 3.26. The highest BCUT2D eigenvalue weighted by atomic mass is 19.4. The van der Waals surface area contributed by atoms with Crippen molar-refractivity contribution in [3.8, 4) is 0 Å². The predicted octanol–water partition coefficient (Wildman–Crippen LogP) is 3.84. The Kier molecular flexibility index (Phi) is 4.91. The van der Waals surface area contributed by atoms with Gasteiger partial charge in [-0.2, -0.15) is 13.2 Å². The van der Waals surface area contributed by atoms with Crippen molar-refractivity contribution >= 4 is 34.1 Å². The molecule has 27 heavy (non-hydrogen) atoms. The van der Waals surface area contributed by atoms with Gasteiger partial charge in [0.1, 0.15) is 5.71 Å². The number of nitrogens with zero attached hydrogens (tertiary/aromatic N) is 1. The summed E-state index contributed by atoms with van der Waals surface area (Å²) >= 11 is 0. The van der Waals surface area contributed by atoms with E-state index in [9.17, 15) is 13.2 Å². The average molecular weight is 375 g/mol. The molecule has 3 rings (SSSR count). The Labute approximate surface area is 154 Å². The molecular formula is C19H20F3N5. The number of allylic oxidation sites excluding steroid dienone is 1. The number of alkyl halides is 3. The van der Waals surface area contributed by atoms with Gasteiger partial charge >= 0.3 is 6.18 Å². The lowest BCUT2D eigenvalue weighted by atomic mass is 9.84. The average Bonchev–Trinajstić information content (AvgIpc) is 2.64. The number of hydrogen-bond donors (Lipinski definition) is 4. The minimum atomic E-state index is -4.78. The molecule has 0 saturated carbocycles. The Morgan fingerprint density at radius 3 is 2.48 bits per heavy atom. The molecule has 1 aromatic heterocycles. The van der Waals surface area contributed by atoms with Gasteiger partial charge in [-0.25, -0.2) is 4.98 Å². The van der Waals surface area contributed by atoms with Gasteiger partial charge in [0.25, 0.3) is 0 Å². The second-order valence-electron chi connectivity index (χ2n) is 6.45. The van der Waals surface area contributed by atoms with Gasteiger partial charge < -0.3 is 16.5 Å². The summed E-state index contributed by atoms with van der Waals surface area (Å²) < 4.78 is 39.8. The van der Waals surface area contributed by atoms with Crippen molar-refractivity contribution in [1.29, 1.82) is 10.8 Å². The largest absolute Gasteiger partial charge is 0.433 e. The van der Waals surface area contributed by atoms with E-state index < -0.39 is 11.9 Å². The molecule has 1 aromatic carbocycles. The van der Waals surface area contributed by atoms with Crippen LogP contribution in [0.25, 0.3) is 16.5 Å². The molecule has 2 aromatic rings. The fraction of sp³-hybridized carbons (Fsp3) is 0.316. The highest BCUT2D eigenvalue weighted by Gasteiger charge is 2.38. The van der Waals surface area contributed by atoms with Crippen LogP contribution in [0.3, 0.4) is 0 Å². The van der Waals surface area contributed by atoms with Crippen LogP contribution in [0.5, 0.6) is 0 Å². The molecule has 142 valence electrons. The lowest BCUT2D eigenvalue weighted by Gasteiger charge is -2.24. The second-order valence-corrected chi connectivity index (χ2v) is 6.45. The molecule has 0 atom stereocenters. The SMILES string of the molecule is CN/C=C(\C(=N)C(F)(F)F)c1nc2ccc(N)c(C=N)c2c2c1CCCC2. The number of benzene rings is 1. The Morgan fingerprint density at radius 2 is 1.89 bits per heavy atom. The number of pyridine rings is 1. The van der Waals surface area contributed by atoms with Gasteiger partial charge in [-0.1, -0.05) is 0 Å². The van der Waals surface area contributed by atoms with Crippen LogP contribution in [0.2, 0.25) is 0 Å². The summed E-state index contributed by atoms with van der Waals surface area (Å²) in [6.07, 6.45) is 0.552. The van der Waals surface area contributed by atoms with E-state index in [1.807, 2.05) is 0 Å². The smallest absolute Gasteiger partial charge is 0.398 e. The molecule has 5 nitrogen and oxygen atoms in total. The number of nitrogen functional groups attached to an aromatic ring is 1. The standard InChI is InChI=1S/C19H20F3N5/c1-26-9-13(18(25)19(20,21)22)17-11-5-3-2-4-10(11)16-12(8-23)14(24)6-7-15(16)27-17/h6-9,23,25-26H,2-5,24H2,1H3/b13-9-,23-8?,25-18?. The molecule has 8 heteroatoms. The van der Waals surface area contributed by atoms with E-state index in [4.69, 9.17) is 16.6 Å². The van der Waals surface area contributed by atoms with Crippen LogP contribution in [0.15, 0.2) is 18.3 Å². The Hall–Kier alpha value is -2.90. The molecule has 0 unspecified atom stereocenters. The van der Waals surface area contributed by atoms with Crippen molar-refractivity contribution in [3.63, 3.8) is 0 Å². The Morgan fingerprint density at radius 1 is 1.22 bits per heavy atom. The van der Waals surface area contributed by atoms with Crippen LogP contribution in [0, 0.1) is 10.8 Å². The van der Waals surface area contributed by atoms with Crippen LogP contribution in [0.1, 0.15) is 35.2 Å². The third kappa shape index (κ3) is 3.27. The zero-order chi connectivity index (χ0) is 19.8. The number of halogens is 3. The molecule has 1 aliphatic carbocycles. The minimum absolute atomic E-state index is 0.176. The summed E-state index contributed by atoms with van der Waals surface area (Å²) in [7, 11) is 1.49. The van der Waals surface area contributed by atoms with E-state index in [0.29, 0.717) is 35.2 Å². The fourth-order valence-electron chi connectivity index (χ4n) is 3.60. The van der Waals surface area contributed by atoms with Crippen molar-refractivity contribution in [2.24, 2.45) is 0 Å². The highest BCUT2D eigenvalue weighted by Crippen LogP contribution is 2.37. The minimum Gasteiger partial charge on any atom is -0.398 e. The van der Waals surface area contributed by atoms with E-state index in [2.05, 4.69) is 10.3 Å². The van der Waals surface area contributed by atoms with Crippen molar-refractivity contribution in [2.45, 2.75) is 31.9 Å². The number of fused-ring (bicyclic) bond motifs is 3. The van der Waals surface area contributed by atoms with Crippen LogP contribution >= 0.6 is 0 Å². The number of nitrogens with one attached hydrogen (secondary N) is 3. The molecule has 1 aliphatic rings. The van der Waals surface area contributed by atoms with E-state index in [1.54, 1.807) is 12.1 Å². The first-order valence-electron chi connectivity index (χ1n) is 8.58. The number of aromatic nitrogens is 1. The molecule has 0 bridgehead atoms. The van der Waals surface area contributed by atoms with Crippen molar-refractivity contribution in [2.75, 3.05) is 12.8 Å². The molecule has 0 fully saturated rings. The van der Waals surface area contributed by atoms with Crippen LogP contribution in [0.4, 0.5) is 18.9 Å². The van der Waals surface area contributed by atoms with E-state index in [1.165, 1.54) is 13.2 Å². The summed E-state index contributed by atoms with van der Waals surface area (Å²) in [5.41, 5.74) is 7.51. The van der Waals surface area contributed by atoms with Crippen molar-refractivity contribution in [3.05, 3.63) is 40.7 Å². The van der Waals surface area contributed by atoms with Crippen LogP contribution in [-0.4, -0.2) is 30.1 Å². The first-order valence-corrected chi connectivity index (χ1v) is 8.58. The number of anilines is 1. The topological polar surface area (TPSA) is 98.6 Å². The number of hydrogen-bond acceptors (Lipinski definition) is 5. The predicted molar refractivity (Wildman–Crippen MR) is 102 cm³/mol. The van der Waals surface area contributed by atoms with E-state index >= 15 is 0 Å². The quantitative estimate of drug-likeness (QED) is 0.483. The molecule has 5 N–H and O–H groups in total. The maximum atomic E-state index is 13.3. The number of aryl methyl sites for hydroxylation is 1. The van der Waals surface area contributed by atoms with Gasteiger partial charge in [0, 0.05) is 41.7 Å². The van der Waals surface area contributed by atoms with E-state index in [0.717, 1.165) is 30.0 Å². The monoisotopic (exact) mass is 375 g/mol. The summed E-state index contributed by atoms with van der Waals surface area (Å²) in [6.45, 7) is 0. The van der Waals surface area contributed by atoms with Gasteiger partial charge in [0.15, 0.2) is 0 Å². The molecule has 0 aliphatic heterocycles.